The van der Waals surface area contributed by atoms with Crippen LogP contribution in [0, 0.1) is 5.92 Å². The van der Waals surface area contributed by atoms with Crippen molar-refractivity contribution >= 4 is 0 Å². The average Bonchev–Trinajstić information content (AvgIpc) is 2.15. The lowest BCUT2D eigenvalue weighted by Crippen LogP contribution is -2.35. The van der Waals surface area contributed by atoms with Crippen LogP contribution in [0.25, 0.3) is 0 Å². The van der Waals surface area contributed by atoms with Gasteiger partial charge >= 0.3 is 0 Å². The van der Waals surface area contributed by atoms with E-state index in [4.69, 9.17) is 16.2 Å². The molecule has 0 saturated carbocycles. The highest BCUT2D eigenvalue weighted by Gasteiger charge is 2.20. The van der Waals surface area contributed by atoms with Crippen molar-refractivity contribution in [2.75, 3.05) is 13.2 Å². The number of hydrogen-bond donors (Lipinski definition) is 2. The summed E-state index contributed by atoms with van der Waals surface area (Å²) in [5.41, 5.74) is 11.8. The van der Waals surface area contributed by atoms with Crippen LogP contribution in [0.3, 0.4) is 0 Å². The van der Waals surface area contributed by atoms with Crippen LogP contribution in [-0.4, -0.2) is 25.3 Å². The molecule has 1 fully saturated rings. The Morgan fingerprint density at radius 1 is 1.23 bits per heavy atom. The van der Waals surface area contributed by atoms with Gasteiger partial charge < -0.3 is 16.2 Å². The molecule has 0 aliphatic carbocycles. The molecule has 2 unspecified atom stereocenters. The first-order valence-electron chi connectivity index (χ1n) is 5.29. The Bertz CT molecular complexity index is 133. The standard InChI is InChI=1S/C10H22N2O/c1-8(11)2-3-10(12)9-4-6-13-7-5-9/h8-10H,2-7,11-12H2,1H3. The Balaban J connectivity index is 2.17. The van der Waals surface area contributed by atoms with Crippen molar-refractivity contribution in [3.05, 3.63) is 0 Å². The highest BCUT2D eigenvalue weighted by atomic mass is 16.5. The van der Waals surface area contributed by atoms with Gasteiger partial charge in [-0.15, -0.1) is 0 Å². The Morgan fingerprint density at radius 2 is 1.85 bits per heavy atom. The average molecular weight is 186 g/mol. The number of hydrogen-bond acceptors (Lipinski definition) is 3. The second-order valence-corrected chi connectivity index (χ2v) is 4.17. The van der Waals surface area contributed by atoms with Crippen LogP contribution < -0.4 is 11.5 Å². The zero-order valence-corrected chi connectivity index (χ0v) is 8.54. The van der Waals surface area contributed by atoms with Gasteiger partial charge in [-0.2, -0.15) is 0 Å². The molecule has 2 atom stereocenters. The quantitative estimate of drug-likeness (QED) is 0.685. The molecular weight excluding hydrogens is 164 g/mol. The molecule has 3 heteroatoms. The lowest BCUT2D eigenvalue weighted by Gasteiger charge is -2.27. The van der Waals surface area contributed by atoms with E-state index in [1.807, 2.05) is 6.92 Å². The van der Waals surface area contributed by atoms with Crippen LogP contribution in [0.15, 0.2) is 0 Å². The van der Waals surface area contributed by atoms with Crippen molar-refractivity contribution in [3.8, 4) is 0 Å². The number of ether oxygens (including phenoxy) is 1. The third-order valence-corrected chi connectivity index (χ3v) is 2.83. The highest BCUT2D eigenvalue weighted by Crippen LogP contribution is 2.20. The summed E-state index contributed by atoms with van der Waals surface area (Å²) in [5.74, 6) is 0.660. The molecule has 0 aromatic carbocycles. The molecule has 4 N–H and O–H groups in total. The van der Waals surface area contributed by atoms with E-state index in [0.29, 0.717) is 12.0 Å². The maximum atomic E-state index is 6.09. The van der Waals surface area contributed by atoms with Gasteiger partial charge in [0.25, 0.3) is 0 Å². The molecule has 1 saturated heterocycles. The van der Waals surface area contributed by atoms with Crippen LogP contribution in [0.1, 0.15) is 32.6 Å². The van der Waals surface area contributed by atoms with Crippen LogP contribution in [0.2, 0.25) is 0 Å². The van der Waals surface area contributed by atoms with E-state index in [1.54, 1.807) is 0 Å². The topological polar surface area (TPSA) is 61.3 Å². The van der Waals surface area contributed by atoms with Crippen LogP contribution in [0.4, 0.5) is 0 Å². The first kappa shape index (κ1) is 11.0. The molecule has 0 radical (unpaired) electrons. The van der Waals surface area contributed by atoms with Gasteiger partial charge in [-0.3, -0.25) is 0 Å². The van der Waals surface area contributed by atoms with Crippen molar-refractivity contribution in [2.24, 2.45) is 17.4 Å². The molecule has 0 amide bonds. The molecule has 1 rings (SSSR count). The minimum absolute atomic E-state index is 0.283. The van der Waals surface area contributed by atoms with E-state index >= 15 is 0 Å². The molecule has 78 valence electrons. The molecule has 1 aliphatic heterocycles. The number of rotatable bonds is 4. The lowest BCUT2D eigenvalue weighted by atomic mass is 9.89. The summed E-state index contributed by atoms with van der Waals surface area (Å²) in [6, 6.07) is 0.612. The summed E-state index contributed by atoms with van der Waals surface area (Å²) in [6.07, 6.45) is 4.35. The molecular formula is C10H22N2O. The van der Waals surface area contributed by atoms with Gasteiger partial charge in [-0.05, 0) is 38.5 Å². The molecule has 0 bridgehead atoms. The van der Waals surface area contributed by atoms with E-state index in [2.05, 4.69) is 0 Å². The van der Waals surface area contributed by atoms with E-state index in [0.717, 1.165) is 38.9 Å². The predicted molar refractivity (Wildman–Crippen MR) is 54.4 cm³/mol. The van der Waals surface area contributed by atoms with Crippen LogP contribution >= 0.6 is 0 Å². The smallest absolute Gasteiger partial charge is 0.0469 e. The van der Waals surface area contributed by atoms with Crippen molar-refractivity contribution in [3.63, 3.8) is 0 Å². The van der Waals surface area contributed by atoms with Gasteiger partial charge in [0.2, 0.25) is 0 Å². The van der Waals surface area contributed by atoms with Crippen LogP contribution in [-0.2, 0) is 4.74 Å². The van der Waals surface area contributed by atoms with Crippen molar-refractivity contribution in [2.45, 2.75) is 44.7 Å². The van der Waals surface area contributed by atoms with Crippen molar-refractivity contribution in [1.29, 1.82) is 0 Å². The van der Waals surface area contributed by atoms with Gasteiger partial charge in [0.15, 0.2) is 0 Å². The minimum atomic E-state index is 0.283. The maximum Gasteiger partial charge on any atom is 0.0469 e. The van der Waals surface area contributed by atoms with E-state index in [9.17, 15) is 0 Å². The zero-order chi connectivity index (χ0) is 9.68. The summed E-state index contributed by atoms with van der Waals surface area (Å²) in [7, 11) is 0. The third-order valence-electron chi connectivity index (χ3n) is 2.83. The van der Waals surface area contributed by atoms with Gasteiger partial charge in [-0.25, -0.2) is 0 Å². The summed E-state index contributed by atoms with van der Waals surface area (Å²) < 4.78 is 5.30. The summed E-state index contributed by atoms with van der Waals surface area (Å²) in [5, 5.41) is 0. The third kappa shape index (κ3) is 4.07. The number of nitrogens with two attached hydrogens (primary N) is 2. The van der Waals surface area contributed by atoms with Gasteiger partial charge in [0, 0.05) is 25.3 Å². The zero-order valence-electron chi connectivity index (χ0n) is 8.54. The van der Waals surface area contributed by atoms with Crippen molar-refractivity contribution in [1.82, 2.24) is 0 Å². The predicted octanol–water partition coefficient (Wildman–Crippen LogP) is 0.868. The first-order chi connectivity index (χ1) is 6.20. The molecule has 3 nitrogen and oxygen atoms in total. The maximum absolute atomic E-state index is 6.09. The van der Waals surface area contributed by atoms with E-state index in [1.165, 1.54) is 0 Å². The SMILES string of the molecule is CC(N)CCC(N)C1CCOCC1. The Hall–Kier alpha value is -0.120. The van der Waals surface area contributed by atoms with Crippen LogP contribution in [0.5, 0.6) is 0 Å². The molecule has 0 aromatic rings. The summed E-state index contributed by atoms with van der Waals surface area (Å²) in [4.78, 5) is 0. The minimum Gasteiger partial charge on any atom is -0.381 e. The Morgan fingerprint density at radius 3 is 2.38 bits per heavy atom. The molecule has 0 aromatic heterocycles. The van der Waals surface area contributed by atoms with Gasteiger partial charge in [0.1, 0.15) is 0 Å². The van der Waals surface area contributed by atoms with E-state index < -0.39 is 0 Å². The first-order valence-corrected chi connectivity index (χ1v) is 5.29. The summed E-state index contributed by atoms with van der Waals surface area (Å²) in [6.45, 7) is 3.81. The molecule has 1 heterocycles. The fourth-order valence-corrected chi connectivity index (χ4v) is 1.84. The van der Waals surface area contributed by atoms with Gasteiger partial charge in [-0.1, -0.05) is 0 Å². The fraction of sp³-hybridized carbons (Fsp3) is 1.00. The second-order valence-electron chi connectivity index (χ2n) is 4.17. The lowest BCUT2D eigenvalue weighted by molar-refractivity contribution is 0.0571. The summed E-state index contributed by atoms with van der Waals surface area (Å²) >= 11 is 0. The Labute approximate surface area is 80.8 Å². The molecule has 13 heavy (non-hydrogen) atoms. The van der Waals surface area contributed by atoms with Gasteiger partial charge in [0.05, 0.1) is 0 Å². The monoisotopic (exact) mass is 186 g/mol. The molecule has 0 spiro atoms. The highest BCUT2D eigenvalue weighted by molar-refractivity contribution is 4.76. The van der Waals surface area contributed by atoms with E-state index in [-0.39, 0.29) is 6.04 Å². The normalized spacial score (nSPS) is 24.2. The second kappa shape index (κ2) is 5.58. The fourth-order valence-electron chi connectivity index (χ4n) is 1.84. The molecule has 1 aliphatic rings. The Kier molecular flexibility index (Phi) is 4.70. The largest absolute Gasteiger partial charge is 0.381 e. The van der Waals surface area contributed by atoms with Crippen molar-refractivity contribution < 1.29 is 4.74 Å².